The molecule has 0 spiro atoms. The van der Waals surface area contributed by atoms with Gasteiger partial charge in [0.1, 0.15) is 0 Å². The smallest absolute Gasteiger partial charge is 0.0608 e. The van der Waals surface area contributed by atoms with Crippen molar-refractivity contribution in [3.63, 3.8) is 0 Å². The number of aromatic nitrogens is 1. The molecule has 2 nitrogen and oxygen atoms in total. The predicted octanol–water partition coefficient (Wildman–Crippen LogP) is 10.7. The number of aromatic amines is 1. The second-order valence-corrected chi connectivity index (χ2v) is 10.8. The summed E-state index contributed by atoms with van der Waals surface area (Å²) in [5.41, 5.74) is 12.0. The topological polar surface area (TPSA) is 19.0 Å². The SMILES string of the molecule is Brc1cc(N(c2ccc(-c3ccccc3)cc2)c2ccc(-c3ccccc3)cc2)cc2c3c([nH]c12)CCC=C3. The molecule has 0 bridgehead atoms. The Bertz CT molecular complexity index is 1700. The van der Waals surface area contributed by atoms with E-state index < -0.39 is 0 Å². The van der Waals surface area contributed by atoms with Crippen molar-refractivity contribution in [2.24, 2.45) is 0 Å². The first-order valence-electron chi connectivity index (χ1n) is 13.4. The fourth-order valence-corrected chi connectivity index (χ4v) is 6.12. The monoisotopic (exact) mass is 566 g/mol. The van der Waals surface area contributed by atoms with Crippen LogP contribution in [0.25, 0.3) is 39.2 Å². The van der Waals surface area contributed by atoms with E-state index in [1.54, 1.807) is 0 Å². The summed E-state index contributed by atoms with van der Waals surface area (Å²) in [4.78, 5) is 6.01. The van der Waals surface area contributed by atoms with Gasteiger partial charge < -0.3 is 9.88 Å². The van der Waals surface area contributed by atoms with Gasteiger partial charge in [0.05, 0.1) is 5.52 Å². The van der Waals surface area contributed by atoms with Gasteiger partial charge in [-0.1, -0.05) is 97.1 Å². The summed E-state index contributed by atoms with van der Waals surface area (Å²) < 4.78 is 1.07. The van der Waals surface area contributed by atoms with Crippen molar-refractivity contribution in [1.29, 1.82) is 0 Å². The molecule has 1 heterocycles. The number of nitrogens with one attached hydrogen (secondary N) is 1. The Hall–Kier alpha value is -4.34. The minimum Gasteiger partial charge on any atom is -0.357 e. The lowest BCUT2D eigenvalue weighted by atomic mass is 10.0. The fourth-order valence-electron chi connectivity index (χ4n) is 5.57. The van der Waals surface area contributed by atoms with E-state index in [4.69, 9.17) is 0 Å². The molecule has 5 aromatic carbocycles. The molecule has 1 aromatic heterocycles. The molecule has 188 valence electrons. The summed E-state index contributed by atoms with van der Waals surface area (Å²) in [6.45, 7) is 0. The Kier molecular flexibility index (Phi) is 6.14. The Morgan fingerprint density at radius 1 is 0.590 bits per heavy atom. The van der Waals surface area contributed by atoms with Crippen LogP contribution in [0.15, 0.2) is 132 Å². The quantitative estimate of drug-likeness (QED) is 0.220. The number of nitrogens with zero attached hydrogens (tertiary/aromatic N) is 1. The first kappa shape index (κ1) is 23.8. The third-order valence-electron chi connectivity index (χ3n) is 7.54. The number of benzene rings is 5. The molecule has 0 amide bonds. The highest BCUT2D eigenvalue weighted by Crippen LogP contribution is 2.42. The number of H-pyrrole nitrogens is 1. The average molecular weight is 568 g/mol. The first-order valence-corrected chi connectivity index (χ1v) is 14.2. The largest absolute Gasteiger partial charge is 0.357 e. The zero-order chi connectivity index (χ0) is 26.2. The van der Waals surface area contributed by atoms with Crippen LogP contribution < -0.4 is 4.90 Å². The summed E-state index contributed by atoms with van der Waals surface area (Å²) in [6.07, 6.45) is 6.67. The number of aryl methyl sites for hydroxylation is 1. The van der Waals surface area contributed by atoms with Gasteiger partial charge in [-0.25, -0.2) is 0 Å². The number of allylic oxidation sites excluding steroid dienone is 1. The molecular formula is C36H27BrN2. The molecule has 1 N–H and O–H groups in total. The first-order chi connectivity index (χ1) is 19.2. The Balaban J connectivity index is 1.36. The van der Waals surface area contributed by atoms with Gasteiger partial charge in [-0.05, 0) is 87.4 Å². The molecule has 7 rings (SSSR count). The molecule has 0 saturated carbocycles. The molecule has 0 fully saturated rings. The van der Waals surface area contributed by atoms with Crippen LogP contribution in [0, 0.1) is 0 Å². The van der Waals surface area contributed by atoms with Gasteiger partial charge in [-0.2, -0.15) is 0 Å². The van der Waals surface area contributed by atoms with Gasteiger partial charge in [0.25, 0.3) is 0 Å². The number of anilines is 3. The number of hydrogen-bond acceptors (Lipinski definition) is 1. The van der Waals surface area contributed by atoms with Gasteiger partial charge in [0, 0.05) is 38.2 Å². The molecule has 0 aliphatic heterocycles. The van der Waals surface area contributed by atoms with E-state index in [1.165, 1.54) is 38.9 Å². The highest BCUT2D eigenvalue weighted by atomic mass is 79.9. The molecule has 6 aromatic rings. The summed E-state index contributed by atoms with van der Waals surface area (Å²) >= 11 is 3.89. The Morgan fingerprint density at radius 3 is 1.69 bits per heavy atom. The molecule has 0 atom stereocenters. The maximum Gasteiger partial charge on any atom is 0.0608 e. The molecule has 1 aliphatic carbocycles. The van der Waals surface area contributed by atoms with E-state index in [1.807, 2.05) is 0 Å². The van der Waals surface area contributed by atoms with Gasteiger partial charge in [-0.15, -0.1) is 0 Å². The number of hydrogen-bond donors (Lipinski definition) is 1. The summed E-state index contributed by atoms with van der Waals surface area (Å²) in [5.74, 6) is 0. The Labute approximate surface area is 237 Å². The van der Waals surface area contributed by atoms with Crippen molar-refractivity contribution < 1.29 is 0 Å². The lowest BCUT2D eigenvalue weighted by Crippen LogP contribution is -2.10. The maximum atomic E-state index is 3.89. The molecule has 39 heavy (non-hydrogen) atoms. The minimum absolute atomic E-state index is 1.05. The predicted molar refractivity (Wildman–Crippen MR) is 169 cm³/mol. The second kappa shape index (κ2) is 10.1. The lowest BCUT2D eigenvalue weighted by Gasteiger charge is -2.26. The van der Waals surface area contributed by atoms with Gasteiger partial charge >= 0.3 is 0 Å². The van der Waals surface area contributed by atoms with E-state index in [2.05, 4.69) is 159 Å². The Morgan fingerprint density at radius 2 is 1.13 bits per heavy atom. The number of halogens is 1. The van der Waals surface area contributed by atoms with Gasteiger partial charge in [0.15, 0.2) is 0 Å². The zero-order valence-corrected chi connectivity index (χ0v) is 23.0. The molecule has 1 aliphatic rings. The average Bonchev–Trinajstić information content (AvgIpc) is 3.38. The van der Waals surface area contributed by atoms with E-state index in [0.29, 0.717) is 0 Å². The summed E-state index contributed by atoms with van der Waals surface area (Å²) in [7, 11) is 0. The van der Waals surface area contributed by atoms with E-state index in [0.717, 1.165) is 39.9 Å². The number of rotatable bonds is 5. The standard InChI is InChI=1S/C36H27BrN2/c37-34-24-31(23-33-32-13-7-8-14-35(32)38-36(33)34)39(29-19-15-27(16-20-29)25-9-3-1-4-10-25)30-21-17-28(18-22-30)26-11-5-2-6-12-26/h1-7,9-13,15-24,38H,8,14H2. The van der Waals surface area contributed by atoms with Crippen LogP contribution in [-0.2, 0) is 6.42 Å². The van der Waals surface area contributed by atoms with E-state index in [-0.39, 0.29) is 0 Å². The lowest BCUT2D eigenvalue weighted by molar-refractivity contribution is 0.950. The third-order valence-corrected chi connectivity index (χ3v) is 8.16. The van der Waals surface area contributed by atoms with Crippen molar-refractivity contribution in [1.82, 2.24) is 4.98 Å². The highest BCUT2D eigenvalue weighted by molar-refractivity contribution is 9.10. The number of fused-ring (bicyclic) bond motifs is 3. The second-order valence-electron chi connectivity index (χ2n) is 9.97. The van der Waals surface area contributed by atoms with Crippen LogP contribution in [-0.4, -0.2) is 4.98 Å². The fraction of sp³-hybridized carbons (Fsp3) is 0.0556. The van der Waals surface area contributed by atoms with Crippen LogP contribution in [0.5, 0.6) is 0 Å². The van der Waals surface area contributed by atoms with Crippen LogP contribution in [0.3, 0.4) is 0 Å². The van der Waals surface area contributed by atoms with Gasteiger partial charge in [0.2, 0.25) is 0 Å². The third kappa shape index (κ3) is 4.49. The molecule has 0 saturated heterocycles. The molecular weight excluding hydrogens is 540 g/mol. The van der Waals surface area contributed by atoms with Crippen molar-refractivity contribution in [2.45, 2.75) is 12.8 Å². The van der Waals surface area contributed by atoms with Gasteiger partial charge in [-0.3, -0.25) is 0 Å². The normalized spacial score (nSPS) is 12.4. The zero-order valence-electron chi connectivity index (χ0n) is 21.4. The van der Waals surface area contributed by atoms with Crippen molar-refractivity contribution >= 4 is 50.0 Å². The molecule has 3 heteroatoms. The molecule has 0 radical (unpaired) electrons. The highest BCUT2D eigenvalue weighted by Gasteiger charge is 2.19. The van der Waals surface area contributed by atoms with Crippen LogP contribution in [0.4, 0.5) is 17.1 Å². The van der Waals surface area contributed by atoms with Crippen molar-refractivity contribution in [3.8, 4) is 22.3 Å². The minimum atomic E-state index is 1.05. The maximum absolute atomic E-state index is 3.89. The van der Waals surface area contributed by atoms with Crippen LogP contribution >= 0.6 is 15.9 Å². The summed E-state index contributed by atoms with van der Waals surface area (Å²) in [6, 6.07) is 43.4. The summed E-state index contributed by atoms with van der Waals surface area (Å²) in [5, 5.41) is 1.25. The van der Waals surface area contributed by atoms with Crippen molar-refractivity contribution in [2.75, 3.05) is 4.90 Å². The van der Waals surface area contributed by atoms with E-state index in [9.17, 15) is 0 Å². The van der Waals surface area contributed by atoms with Crippen LogP contribution in [0.1, 0.15) is 17.7 Å². The van der Waals surface area contributed by atoms with E-state index >= 15 is 0 Å². The van der Waals surface area contributed by atoms with Crippen molar-refractivity contribution in [3.05, 3.63) is 143 Å². The van der Waals surface area contributed by atoms with Crippen LogP contribution in [0.2, 0.25) is 0 Å². The molecule has 0 unspecified atom stereocenters.